The summed E-state index contributed by atoms with van der Waals surface area (Å²) in [6, 6.07) is 0.382. The van der Waals surface area contributed by atoms with E-state index in [1.54, 1.807) is 0 Å². The monoisotopic (exact) mass is 251 g/mol. The molecule has 2 nitrogen and oxygen atoms in total. The van der Waals surface area contributed by atoms with Crippen LogP contribution in [0.2, 0.25) is 0 Å². The first kappa shape index (κ1) is 15.5. The van der Waals surface area contributed by atoms with Gasteiger partial charge < -0.3 is 10.1 Å². The molecule has 2 heteroatoms. The van der Waals surface area contributed by atoms with Gasteiger partial charge in [-0.25, -0.2) is 0 Å². The van der Waals surface area contributed by atoms with E-state index in [-0.39, 0.29) is 5.60 Å². The molecule has 0 aromatic carbocycles. The second-order valence-electron chi connectivity index (χ2n) is 5.32. The Hall–Kier alpha value is -0.520. The zero-order valence-corrected chi connectivity index (χ0v) is 12.3. The summed E-state index contributed by atoms with van der Waals surface area (Å²) < 4.78 is 5.98. The Bertz CT molecular complexity index is 269. The predicted octanol–water partition coefficient (Wildman–Crippen LogP) is 3.51. The van der Waals surface area contributed by atoms with E-state index in [1.165, 1.54) is 38.5 Å². The van der Waals surface area contributed by atoms with E-state index in [0.29, 0.717) is 6.04 Å². The van der Waals surface area contributed by atoms with Gasteiger partial charge in [0.05, 0.1) is 5.60 Å². The molecular weight excluding hydrogens is 222 g/mol. The normalized spacial score (nSPS) is 20.6. The fraction of sp³-hybridized carbons (Fsp3) is 0.875. The van der Waals surface area contributed by atoms with E-state index in [0.717, 1.165) is 19.4 Å². The molecule has 1 N–H and O–H groups in total. The van der Waals surface area contributed by atoms with Crippen LogP contribution in [0.15, 0.2) is 0 Å². The Morgan fingerprint density at radius 1 is 1.22 bits per heavy atom. The van der Waals surface area contributed by atoms with Gasteiger partial charge in [0.1, 0.15) is 0 Å². The van der Waals surface area contributed by atoms with Crippen molar-refractivity contribution in [1.29, 1.82) is 0 Å². The average molecular weight is 251 g/mol. The number of ether oxygens (including phenoxy) is 1. The average Bonchev–Trinajstić information content (AvgIpc) is 2.65. The molecule has 104 valence electrons. The molecule has 1 saturated carbocycles. The van der Waals surface area contributed by atoms with E-state index in [1.807, 2.05) is 14.0 Å². The lowest BCUT2D eigenvalue weighted by Gasteiger charge is -2.39. The quantitative estimate of drug-likeness (QED) is 0.576. The molecular formula is C16H29NO. The van der Waals surface area contributed by atoms with Gasteiger partial charge >= 0.3 is 0 Å². The maximum Gasteiger partial charge on any atom is 0.0840 e. The highest BCUT2D eigenvalue weighted by molar-refractivity contribution is 5.04. The maximum atomic E-state index is 5.98. The van der Waals surface area contributed by atoms with Crippen molar-refractivity contribution >= 4 is 0 Å². The van der Waals surface area contributed by atoms with Crippen molar-refractivity contribution in [3.8, 4) is 11.8 Å². The molecule has 1 aliphatic carbocycles. The van der Waals surface area contributed by atoms with E-state index < -0.39 is 0 Å². The van der Waals surface area contributed by atoms with Crippen molar-refractivity contribution in [2.45, 2.75) is 76.9 Å². The van der Waals surface area contributed by atoms with Crippen LogP contribution in [0.4, 0.5) is 0 Å². The Morgan fingerprint density at radius 2 is 1.89 bits per heavy atom. The van der Waals surface area contributed by atoms with Crippen molar-refractivity contribution in [2.24, 2.45) is 0 Å². The van der Waals surface area contributed by atoms with E-state index in [9.17, 15) is 0 Å². The second kappa shape index (κ2) is 8.56. The number of hydrogen-bond acceptors (Lipinski definition) is 2. The van der Waals surface area contributed by atoms with Crippen molar-refractivity contribution in [3.63, 3.8) is 0 Å². The van der Waals surface area contributed by atoms with Gasteiger partial charge in [-0.05, 0) is 32.7 Å². The first-order valence-electron chi connectivity index (χ1n) is 7.47. The summed E-state index contributed by atoms with van der Waals surface area (Å²) in [6.45, 7) is 5.19. The fourth-order valence-corrected chi connectivity index (χ4v) is 2.99. The highest BCUT2D eigenvalue weighted by Crippen LogP contribution is 2.34. The van der Waals surface area contributed by atoms with Crippen LogP contribution in [0.3, 0.4) is 0 Å². The molecule has 0 aliphatic heterocycles. The molecule has 1 rings (SSSR count). The topological polar surface area (TPSA) is 21.3 Å². The zero-order chi connectivity index (χ0) is 13.3. The summed E-state index contributed by atoms with van der Waals surface area (Å²) in [7, 11) is 1.88. The van der Waals surface area contributed by atoms with Crippen LogP contribution in [-0.4, -0.2) is 25.3 Å². The largest absolute Gasteiger partial charge is 0.377 e. The molecule has 1 atom stereocenters. The van der Waals surface area contributed by atoms with Crippen molar-refractivity contribution in [3.05, 3.63) is 0 Å². The van der Waals surface area contributed by atoms with Crippen LogP contribution >= 0.6 is 0 Å². The van der Waals surface area contributed by atoms with E-state index in [2.05, 4.69) is 24.1 Å². The fourth-order valence-electron chi connectivity index (χ4n) is 2.99. The zero-order valence-electron chi connectivity index (χ0n) is 12.3. The smallest absolute Gasteiger partial charge is 0.0840 e. The molecule has 0 spiro atoms. The van der Waals surface area contributed by atoms with Crippen LogP contribution in [-0.2, 0) is 4.74 Å². The van der Waals surface area contributed by atoms with Gasteiger partial charge in [0.2, 0.25) is 0 Å². The van der Waals surface area contributed by atoms with Crippen LogP contribution in [0.1, 0.15) is 65.2 Å². The molecule has 0 bridgehead atoms. The summed E-state index contributed by atoms with van der Waals surface area (Å²) >= 11 is 0. The first-order chi connectivity index (χ1) is 8.79. The van der Waals surface area contributed by atoms with Gasteiger partial charge in [-0.15, -0.1) is 11.8 Å². The Labute approximate surface area is 113 Å². The van der Waals surface area contributed by atoms with Crippen LogP contribution in [0.5, 0.6) is 0 Å². The molecule has 1 aliphatic rings. The van der Waals surface area contributed by atoms with Crippen molar-refractivity contribution in [1.82, 2.24) is 5.32 Å². The third-order valence-electron chi connectivity index (χ3n) is 4.12. The molecule has 0 radical (unpaired) electrons. The Balaban J connectivity index is 2.76. The molecule has 0 heterocycles. The number of hydrogen-bond donors (Lipinski definition) is 1. The molecule has 0 amide bonds. The third-order valence-corrected chi connectivity index (χ3v) is 4.12. The van der Waals surface area contributed by atoms with E-state index >= 15 is 0 Å². The van der Waals surface area contributed by atoms with Gasteiger partial charge in [-0.3, -0.25) is 0 Å². The van der Waals surface area contributed by atoms with Gasteiger partial charge in [0.25, 0.3) is 0 Å². The standard InChI is InChI=1S/C16H29NO/c1-4-6-11-15(17-14-5-2)16(18-3)12-9-7-8-10-13-16/h15,17H,5,7-14H2,1-3H3. The van der Waals surface area contributed by atoms with Gasteiger partial charge in [0, 0.05) is 19.6 Å². The second-order valence-corrected chi connectivity index (χ2v) is 5.32. The number of rotatable bonds is 6. The minimum atomic E-state index is 0.00944. The summed E-state index contributed by atoms with van der Waals surface area (Å²) in [5.74, 6) is 6.27. The minimum absolute atomic E-state index is 0.00944. The lowest BCUT2D eigenvalue weighted by atomic mass is 9.84. The summed E-state index contributed by atoms with van der Waals surface area (Å²) in [5.41, 5.74) is 0.00944. The summed E-state index contributed by atoms with van der Waals surface area (Å²) in [6.07, 6.45) is 9.71. The predicted molar refractivity (Wildman–Crippen MR) is 77.6 cm³/mol. The first-order valence-corrected chi connectivity index (χ1v) is 7.47. The molecule has 0 aromatic heterocycles. The molecule has 18 heavy (non-hydrogen) atoms. The lowest BCUT2D eigenvalue weighted by molar-refractivity contribution is -0.0514. The Kier molecular flexibility index (Phi) is 7.39. The maximum absolute atomic E-state index is 5.98. The Morgan fingerprint density at radius 3 is 2.39 bits per heavy atom. The van der Waals surface area contributed by atoms with Crippen molar-refractivity contribution < 1.29 is 4.74 Å². The SMILES string of the molecule is CC#CCC(NCCC)C1(OC)CCCCCC1. The molecule has 1 unspecified atom stereocenters. The van der Waals surface area contributed by atoms with E-state index in [4.69, 9.17) is 4.74 Å². The lowest BCUT2D eigenvalue weighted by Crippen LogP contribution is -2.52. The molecule has 0 saturated heterocycles. The highest BCUT2D eigenvalue weighted by atomic mass is 16.5. The molecule has 0 aromatic rings. The van der Waals surface area contributed by atoms with Crippen LogP contribution in [0, 0.1) is 11.8 Å². The minimum Gasteiger partial charge on any atom is -0.377 e. The third kappa shape index (κ3) is 4.30. The highest BCUT2D eigenvalue weighted by Gasteiger charge is 2.38. The summed E-state index contributed by atoms with van der Waals surface area (Å²) in [4.78, 5) is 0. The number of nitrogens with one attached hydrogen (secondary N) is 1. The van der Waals surface area contributed by atoms with Gasteiger partial charge in [0.15, 0.2) is 0 Å². The number of methoxy groups -OCH3 is 1. The van der Waals surface area contributed by atoms with Crippen molar-refractivity contribution in [2.75, 3.05) is 13.7 Å². The van der Waals surface area contributed by atoms with Crippen LogP contribution in [0.25, 0.3) is 0 Å². The van der Waals surface area contributed by atoms with Gasteiger partial charge in [-0.2, -0.15) is 0 Å². The molecule has 1 fully saturated rings. The summed E-state index contributed by atoms with van der Waals surface area (Å²) in [5, 5.41) is 3.67. The van der Waals surface area contributed by atoms with Crippen LogP contribution < -0.4 is 5.32 Å². The van der Waals surface area contributed by atoms with Gasteiger partial charge in [-0.1, -0.05) is 32.6 Å².